The summed E-state index contributed by atoms with van der Waals surface area (Å²) in [7, 11) is 4.95. The first kappa shape index (κ1) is 21.4. The van der Waals surface area contributed by atoms with Crippen LogP contribution in [0.1, 0.15) is 51.2 Å². The Labute approximate surface area is 179 Å². The van der Waals surface area contributed by atoms with Gasteiger partial charge >= 0.3 is 0 Å². The molecule has 3 aliphatic rings. The third-order valence-corrected chi connectivity index (χ3v) is 8.08. The van der Waals surface area contributed by atoms with Gasteiger partial charge in [0.2, 0.25) is 5.91 Å². The van der Waals surface area contributed by atoms with E-state index in [2.05, 4.69) is 25.2 Å². The van der Waals surface area contributed by atoms with Crippen molar-refractivity contribution in [3.05, 3.63) is 23.8 Å². The van der Waals surface area contributed by atoms with Crippen LogP contribution in [0.2, 0.25) is 0 Å². The fourth-order valence-corrected chi connectivity index (χ4v) is 6.57. The number of benzene rings is 1. The molecule has 6 nitrogen and oxygen atoms in total. The number of amides is 1. The van der Waals surface area contributed by atoms with E-state index in [1.54, 1.807) is 21.3 Å². The summed E-state index contributed by atoms with van der Waals surface area (Å²) in [4.78, 5) is 12.6. The Balaban J connectivity index is 1.63. The summed E-state index contributed by atoms with van der Waals surface area (Å²) in [6.07, 6.45) is 3.71. The van der Waals surface area contributed by atoms with Crippen LogP contribution in [-0.4, -0.2) is 46.5 Å². The lowest BCUT2D eigenvalue weighted by Gasteiger charge is -2.53. The number of hydrogen-bond donors (Lipinski definition) is 1. The highest BCUT2D eigenvalue weighted by Gasteiger charge is 2.68. The van der Waals surface area contributed by atoms with Crippen molar-refractivity contribution >= 4 is 5.91 Å². The van der Waals surface area contributed by atoms with Gasteiger partial charge in [0, 0.05) is 26.2 Å². The molecular formula is C24H35NO5. The largest absolute Gasteiger partial charge is 0.493 e. The molecule has 1 aliphatic heterocycles. The van der Waals surface area contributed by atoms with E-state index in [1.807, 2.05) is 12.1 Å². The minimum atomic E-state index is 0.0121. The Kier molecular flexibility index (Phi) is 5.75. The molecular weight excluding hydrogens is 382 g/mol. The van der Waals surface area contributed by atoms with Crippen LogP contribution in [0.25, 0.3) is 0 Å². The van der Waals surface area contributed by atoms with Crippen LogP contribution in [0.3, 0.4) is 0 Å². The molecule has 1 aromatic carbocycles. The summed E-state index contributed by atoms with van der Waals surface area (Å²) >= 11 is 0. The van der Waals surface area contributed by atoms with E-state index >= 15 is 0 Å². The van der Waals surface area contributed by atoms with Crippen LogP contribution < -0.4 is 14.8 Å². The minimum Gasteiger partial charge on any atom is -0.493 e. The maximum Gasteiger partial charge on any atom is 0.222 e. The summed E-state index contributed by atoms with van der Waals surface area (Å²) in [6.45, 7) is 5.81. The van der Waals surface area contributed by atoms with Crippen molar-refractivity contribution in [3.63, 3.8) is 0 Å². The summed E-state index contributed by atoms with van der Waals surface area (Å²) in [6, 6.07) is 6.25. The highest BCUT2D eigenvalue weighted by molar-refractivity contribution is 5.76. The number of carbonyl (C=O) groups excluding carboxylic acids is 1. The van der Waals surface area contributed by atoms with E-state index in [0.29, 0.717) is 31.5 Å². The number of nitrogens with one attached hydrogen (secondary N) is 1. The molecule has 1 unspecified atom stereocenters. The Bertz CT molecular complexity index is 794. The van der Waals surface area contributed by atoms with Crippen molar-refractivity contribution < 1.29 is 23.7 Å². The van der Waals surface area contributed by atoms with Crippen LogP contribution in [0, 0.1) is 22.7 Å². The lowest BCUT2D eigenvalue weighted by molar-refractivity contribution is -0.137. The Hall–Kier alpha value is -1.79. The fourth-order valence-electron chi connectivity index (χ4n) is 6.57. The molecule has 166 valence electrons. The molecule has 30 heavy (non-hydrogen) atoms. The van der Waals surface area contributed by atoms with Crippen molar-refractivity contribution in [1.29, 1.82) is 0 Å². The summed E-state index contributed by atoms with van der Waals surface area (Å²) in [5, 5.41) is 3.42. The molecule has 1 N–H and O–H groups in total. The lowest BCUT2D eigenvalue weighted by Crippen LogP contribution is -2.59. The SMILES string of the molecule is COCCC(=O)N[C@@H]1C(C)(C)[C@@H]2C[C@@H]3[C@@H](c4ccc(OC)c(OC)c4)OCCC31C2. The number of methoxy groups -OCH3 is 3. The van der Waals surface area contributed by atoms with Gasteiger partial charge in [0.1, 0.15) is 0 Å². The van der Waals surface area contributed by atoms with Gasteiger partial charge in [0.05, 0.1) is 26.9 Å². The highest BCUT2D eigenvalue weighted by Crippen LogP contribution is 2.70. The average Bonchev–Trinajstić information content (AvgIpc) is 3.24. The van der Waals surface area contributed by atoms with Crippen molar-refractivity contribution in [3.8, 4) is 11.5 Å². The average molecular weight is 418 g/mol. The second kappa shape index (κ2) is 8.04. The molecule has 1 aromatic rings. The van der Waals surface area contributed by atoms with Gasteiger partial charge in [-0.05, 0) is 59.6 Å². The van der Waals surface area contributed by atoms with E-state index in [-0.39, 0.29) is 28.9 Å². The monoisotopic (exact) mass is 417 g/mol. The first-order chi connectivity index (χ1) is 14.4. The van der Waals surface area contributed by atoms with Gasteiger partial charge in [-0.15, -0.1) is 0 Å². The topological polar surface area (TPSA) is 66.0 Å². The zero-order valence-electron chi connectivity index (χ0n) is 18.8. The predicted molar refractivity (Wildman–Crippen MR) is 114 cm³/mol. The molecule has 1 spiro atoms. The van der Waals surface area contributed by atoms with Crippen LogP contribution in [0.5, 0.6) is 11.5 Å². The van der Waals surface area contributed by atoms with Crippen molar-refractivity contribution in [2.24, 2.45) is 22.7 Å². The molecule has 1 saturated heterocycles. The smallest absolute Gasteiger partial charge is 0.222 e. The summed E-state index contributed by atoms with van der Waals surface area (Å²) < 4.78 is 22.4. The molecule has 6 heteroatoms. The van der Waals surface area contributed by atoms with Gasteiger partial charge in [-0.2, -0.15) is 0 Å². The zero-order valence-corrected chi connectivity index (χ0v) is 18.8. The summed E-state index contributed by atoms with van der Waals surface area (Å²) in [5.41, 5.74) is 1.29. The number of hydrogen-bond acceptors (Lipinski definition) is 5. The van der Waals surface area contributed by atoms with Gasteiger partial charge < -0.3 is 24.3 Å². The highest BCUT2D eigenvalue weighted by atomic mass is 16.5. The predicted octanol–water partition coefficient (Wildman–Crippen LogP) is 3.74. The van der Waals surface area contributed by atoms with E-state index in [1.165, 1.54) is 0 Å². The van der Waals surface area contributed by atoms with Gasteiger partial charge in [-0.3, -0.25) is 4.79 Å². The molecule has 2 bridgehead atoms. The van der Waals surface area contributed by atoms with Gasteiger partial charge in [-0.1, -0.05) is 19.9 Å². The Morgan fingerprint density at radius 3 is 2.67 bits per heavy atom. The normalized spacial score (nSPS) is 33.8. The lowest BCUT2D eigenvalue weighted by atomic mass is 9.59. The first-order valence-electron chi connectivity index (χ1n) is 11.0. The number of fused-ring (bicyclic) bond motifs is 1. The summed E-state index contributed by atoms with van der Waals surface area (Å²) in [5.74, 6) is 2.51. The molecule has 4 rings (SSSR count). The second-order valence-electron chi connectivity index (χ2n) is 9.70. The third-order valence-electron chi connectivity index (χ3n) is 8.08. The molecule has 2 aliphatic carbocycles. The first-order valence-corrected chi connectivity index (χ1v) is 11.0. The quantitative estimate of drug-likeness (QED) is 0.732. The molecule has 3 fully saturated rings. The van der Waals surface area contributed by atoms with E-state index < -0.39 is 0 Å². The van der Waals surface area contributed by atoms with Crippen LogP contribution >= 0.6 is 0 Å². The number of carbonyl (C=O) groups is 1. The Morgan fingerprint density at radius 2 is 1.97 bits per heavy atom. The maximum atomic E-state index is 12.6. The van der Waals surface area contributed by atoms with Crippen LogP contribution in [-0.2, 0) is 14.3 Å². The van der Waals surface area contributed by atoms with Gasteiger partial charge in [-0.25, -0.2) is 0 Å². The Morgan fingerprint density at radius 1 is 1.20 bits per heavy atom. The standard InChI is InChI=1S/C24H35NO5/c1-23(2)16-13-17-21(15-6-7-18(28-4)19(12-15)29-5)30-11-9-24(17,14-16)22(23)25-20(26)8-10-27-3/h6-7,12,16-17,21-22H,8-11,13-14H2,1-5H3,(H,25,26)/t16-,17-,21-,22-,24?/m1/s1. The second-order valence-corrected chi connectivity index (χ2v) is 9.70. The van der Waals surface area contributed by atoms with Crippen LogP contribution in [0.15, 0.2) is 18.2 Å². The van der Waals surface area contributed by atoms with Crippen molar-refractivity contribution in [2.45, 2.75) is 51.7 Å². The van der Waals surface area contributed by atoms with Gasteiger partial charge in [0.25, 0.3) is 0 Å². The van der Waals surface area contributed by atoms with Crippen molar-refractivity contribution in [2.75, 3.05) is 34.5 Å². The molecule has 1 amide bonds. The fraction of sp³-hybridized carbons (Fsp3) is 0.708. The molecule has 2 saturated carbocycles. The van der Waals surface area contributed by atoms with Gasteiger partial charge in [0.15, 0.2) is 11.5 Å². The molecule has 5 atom stereocenters. The molecule has 0 aromatic heterocycles. The number of ether oxygens (including phenoxy) is 4. The third kappa shape index (κ3) is 3.28. The van der Waals surface area contributed by atoms with E-state index in [4.69, 9.17) is 18.9 Å². The van der Waals surface area contributed by atoms with E-state index in [0.717, 1.165) is 36.3 Å². The zero-order chi connectivity index (χ0) is 21.5. The maximum absolute atomic E-state index is 12.6. The molecule has 1 heterocycles. The minimum absolute atomic E-state index is 0.0121. The van der Waals surface area contributed by atoms with Crippen molar-refractivity contribution in [1.82, 2.24) is 5.32 Å². The van der Waals surface area contributed by atoms with Crippen LogP contribution in [0.4, 0.5) is 0 Å². The number of rotatable bonds is 7. The van der Waals surface area contributed by atoms with E-state index in [9.17, 15) is 4.79 Å². The molecule has 0 radical (unpaired) electrons.